The van der Waals surface area contributed by atoms with Crippen molar-refractivity contribution in [2.45, 2.75) is 6.92 Å². The van der Waals surface area contributed by atoms with Gasteiger partial charge in [-0.3, -0.25) is 4.79 Å². The van der Waals surface area contributed by atoms with Gasteiger partial charge in [-0.15, -0.1) is 0 Å². The topological polar surface area (TPSA) is 72.5 Å². The second-order valence-electron chi connectivity index (χ2n) is 3.27. The van der Waals surface area contributed by atoms with Gasteiger partial charge in [0, 0.05) is 13.1 Å². The molecule has 0 spiro atoms. The van der Waals surface area contributed by atoms with Crippen LogP contribution in [0.1, 0.15) is 6.92 Å². The van der Waals surface area contributed by atoms with E-state index in [1.165, 1.54) is 0 Å². The highest BCUT2D eigenvalue weighted by atomic mass is 32.2. The van der Waals surface area contributed by atoms with E-state index in [9.17, 15) is 13.2 Å². The number of carbonyl (C=O) groups is 1. The molecule has 6 heteroatoms. The SMILES string of the molecule is CCOC(=O)C1CNCCS(=O)(=O)C1. The first-order valence-corrected chi connectivity index (χ1v) is 6.45. The molecular weight excluding hydrogens is 206 g/mol. The lowest BCUT2D eigenvalue weighted by Crippen LogP contribution is -2.31. The van der Waals surface area contributed by atoms with E-state index in [1.807, 2.05) is 0 Å². The molecule has 14 heavy (non-hydrogen) atoms. The zero-order valence-electron chi connectivity index (χ0n) is 8.15. The standard InChI is InChI=1S/C8H15NO4S/c1-2-13-8(10)7-5-9-3-4-14(11,12)6-7/h7,9H,2-6H2,1H3. The maximum absolute atomic E-state index is 11.3. The van der Waals surface area contributed by atoms with Crippen LogP contribution in [0.4, 0.5) is 0 Å². The summed E-state index contributed by atoms with van der Waals surface area (Å²) in [5.41, 5.74) is 0. The first-order chi connectivity index (χ1) is 6.55. The van der Waals surface area contributed by atoms with Gasteiger partial charge < -0.3 is 10.1 Å². The minimum absolute atomic E-state index is 0.0984. The first-order valence-electron chi connectivity index (χ1n) is 4.63. The van der Waals surface area contributed by atoms with E-state index in [-0.39, 0.29) is 18.1 Å². The summed E-state index contributed by atoms with van der Waals surface area (Å²) < 4.78 is 27.5. The normalized spacial score (nSPS) is 26.5. The molecule has 0 aromatic carbocycles. The predicted molar refractivity (Wildman–Crippen MR) is 51.6 cm³/mol. The van der Waals surface area contributed by atoms with Gasteiger partial charge in [-0.05, 0) is 6.92 Å². The number of esters is 1. The summed E-state index contributed by atoms with van der Waals surface area (Å²) in [6, 6.07) is 0. The Morgan fingerprint density at radius 2 is 2.29 bits per heavy atom. The molecule has 1 rings (SSSR count). The average Bonchev–Trinajstić information content (AvgIpc) is 2.27. The largest absolute Gasteiger partial charge is 0.466 e. The molecule has 1 saturated heterocycles. The molecule has 1 unspecified atom stereocenters. The minimum Gasteiger partial charge on any atom is -0.466 e. The van der Waals surface area contributed by atoms with Crippen LogP contribution < -0.4 is 5.32 Å². The molecule has 0 bridgehead atoms. The summed E-state index contributed by atoms with van der Waals surface area (Å²) in [5.74, 6) is -0.977. The predicted octanol–water partition coefficient (Wildman–Crippen LogP) is -0.816. The van der Waals surface area contributed by atoms with Crippen LogP contribution in [0, 0.1) is 5.92 Å². The molecule has 0 radical (unpaired) electrons. The highest BCUT2D eigenvalue weighted by molar-refractivity contribution is 7.91. The number of ether oxygens (including phenoxy) is 1. The third kappa shape index (κ3) is 3.26. The Labute approximate surface area is 83.7 Å². The van der Waals surface area contributed by atoms with Crippen molar-refractivity contribution in [2.75, 3.05) is 31.2 Å². The maximum atomic E-state index is 11.3. The summed E-state index contributed by atoms with van der Waals surface area (Å²) in [6.07, 6.45) is 0. The molecule has 0 amide bonds. The molecule has 82 valence electrons. The molecule has 1 N–H and O–H groups in total. The van der Waals surface area contributed by atoms with Crippen molar-refractivity contribution in [1.82, 2.24) is 5.32 Å². The van der Waals surface area contributed by atoms with Crippen molar-refractivity contribution in [3.05, 3.63) is 0 Å². The van der Waals surface area contributed by atoms with E-state index in [0.29, 0.717) is 13.1 Å². The van der Waals surface area contributed by atoms with Crippen molar-refractivity contribution in [2.24, 2.45) is 5.92 Å². The summed E-state index contributed by atoms with van der Waals surface area (Å²) >= 11 is 0. The fraction of sp³-hybridized carbons (Fsp3) is 0.875. The zero-order valence-corrected chi connectivity index (χ0v) is 8.97. The second-order valence-corrected chi connectivity index (χ2v) is 5.50. The number of hydrogen-bond acceptors (Lipinski definition) is 5. The Hall–Kier alpha value is -0.620. The van der Waals surface area contributed by atoms with Crippen molar-refractivity contribution in [3.8, 4) is 0 Å². The Balaban J connectivity index is 2.64. The third-order valence-corrected chi connectivity index (χ3v) is 3.79. The van der Waals surface area contributed by atoms with Crippen LogP contribution in [-0.4, -0.2) is 45.6 Å². The lowest BCUT2D eigenvalue weighted by Gasteiger charge is -2.11. The van der Waals surface area contributed by atoms with Crippen LogP contribution in [0.2, 0.25) is 0 Å². The zero-order chi connectivity index (χ0) is 10.6. The molecule has 0 saturated carbocycles. The van der Waals surface area contributed by atoms with E-state index >= 15 is 0 Å². The lowest BCUT2D eigenvalue weighted by molar-refractivity contribution is -0.147. The molecule has 1 aliphatic rings. The van der Waals surface area contributed by atoms with Crippen LogP contribution in [0.5, 0.6) is 0 Å². The van der Waals surface area contributed by atoms with Crippen molar-refractivity contribution >= 4 is 15.8 Å². The monoisotopic (exact) mass is 221 g/mol. The van der Waals surface area contributed by atoms with Gasteiger partial charge in [-0.2, -0.15) is 0 Å². The maximum Gasteiger partial charge on any atom is 0.311 e. The molecule has 0 aromatic rings. The highest BCUT2D eigenvalue weighted by Crippen LogP contribution is 2.07. The van der Waals surface area contributed by atoms with Gasteiger partial charge in [0.05, 0.1) is 24.0 Å². The fourth-order valence-electron chi connectivity index (χ4n) is 1.36. The van der Waals surface area contributed by atoms with Gasteiger partial charge in [-0.25, -0.2) is 8.42 Å². The molecule has 1 aliphatic heterocycles. The quantitative estimate of drug-likeness (QED) is 0.617. The second kappa shape index (κ2) is 4.75. The smallest absolute Gasteiger partial charge is 0.311 e. The first kappa shape index (κ1) is 11.5. The van der Waals surface area contributed by atoms with Crippen molar-refractivity contribution < 1.29 is 17.9 Å². The van der Waals surface area contributed by atoms with Gasteiger partial charge >= 0.3 is 5.97 Å². The number of carbonyl (C=O) groups excluding carboxylic acids is 1. The molecular formula is C8H15NO4S. The van der Waals surface area contributed by atoms with Crippen molar-refractivity contribution in [1.29, 1.82) is 0 Å². The Morgan fingerprint density at radius 3 is 2.93 bits per heavy atom. The van der Waals surface area contributed by atoms with Gasteiger partial charge in [0.2, 0.25) is 0 Å². The minimum atomic E-state index is -3.10. The van der Waals surface area contributed by atoms with E-state index in [0.717, 1.165) is 0 Å². The van der Waals surface area contributed by atoms with Gasteiger partial charge in [0.15, 0.2) is 9.84 Å². The van der Waals surface area contributed by atoms with Crippen LogP contribution in [0.15, 0.2) is 0 Å². The number of hydrogen-bond donors (Lipinski definition) is 1. The van der Waals surface area contributed by atoms with Crippen molar-refractivity contribution in [3.63, 3.8) is 0 Å². The summed E-state index contributed by atoms with van der Waals surface area (Å²) in [6.45, 7) is 2.79. The van der Waals surface area contributed by atoms with Gasteiger partial charge in [0.1, 0.15) is 0 Å². The number of nitrogens with one attached hydrogen (secondary N) is 1. The summed E-state index contributed by atoms with van der Waals surface area (Å²) in [5, 5.41) is 2.91. The molecule has 1 atom stereocenters. The molecule has 0 aliphatic carbocycles. The summed E-state index contributed by atoms with van der Waals surface area (Å²) in [4.78, 5) is 11.3. The highest BCUT2D eigenvalue weighted by Gasteiger charge is 2.28. The number of sulfone groups is 1. The Morgan fingerprint density at radius 1 is 1.57 bits per heavy atom. The van der Waals surface area contributed by atoms with Gasteiger partial charge in [0.25, 0.3) is 0 Å². The third-order valence-electron chi connectivity index (χ3n) is 2.06. The van der Waals surface area contributed by atoms with Crippen LogP contribution in [0.25, 0.3) is 0 Å². The lowest BCUT2D eigenvalue weighted by atomic mass is 10.2. The van der Waals surface area contributed by atoms with E-state index < -0.39 is 21.7 Å². The average molecular weight is 221 g/mol. The molecule has 5 nitrogen and oxygen atoms in total. The Kier molecular flexibility index (Phi) is 3.88. The van der Waals surface area contributed by atoms with Crippen LogP contribution in [-0.2, 0) is 19.4 Å². The van der Waals surface area contributed by atoms with Gasteiger partial charge in [-0.1, -0.05) is 0 Å². The molecule has 1 heterocycles. The number of rotatable bonds is 2. The molecule has 0 aromatic heterocycles. The fourth-order valence-corrected chi connectivity index (χ4v) is 2.85. The van der Waals surface area contributed by atoms with Crippen LogP contribution >= 0.6 is 0 Å². The molecule has 1 fully saturated rings. The van der Waals surface area contributed by atoms with Crippen LogP contribution in [0.3, 0.4) is 0 Å². The van der Waals surface area contributed by atoms with E-state index in [1.54, 1.807) is 6.92 Å². The van der Waals surface area contributed by atoms with E-state index in [4.69, 9.17) is 4.74 Å². The summed E-state index contributed by atoms with van der Waals surface area (Å²) in [7, 11) is -3.10. The Bertz CT molecular complexity index is 298. The van der Waals surface area contributed by atoms with E-state index in [2.05, 4.69) is 5.32 Å².